The minimum absolute atomic E-state index is 0.00646. The van der Waals surface area contributed by atoms with Gasteiger partial charge >= 0.3 is 0 Å². The molecule has 0 bridgehead atoms. The summed E-state index contributed by atoms with van der Waals surface area (Å²) < 4.78 is 0. The predicted octanol–water partition coefficient (Wildman–Crippen LogP) is 3.90. The molecule has 0 radical (unpaired) electrons. The Hall–Kier alpha value is -0.590. The van der Waals surface area contributed by atoms with Crippen molar-refractivity contribution >= 4 is 5.71 Å². The molecule has 0 aromatic carbocycles. The molecule has 0 aliphatic carbocycles. The molecule has 1 heteroatoms. The van der Waals surface area contributed by atoms with Crippen LogP contribution in [-0.2, 0) is 0 Å². The largest absolute Gasteiger partial charge is 0.305 e. The van der Waals surface area contributed by atoms with Crippen molar-refractivity contribution in [2.45, 2.75) is 41.5 Å². The summed E-state index contributed by atoms with van der Waals surface area (Å²) in [6, 6.07) is 0. The van der Waals surface area contributed by atoms with Gasteiger partial charge in [-0.2, -0.15) is 0 Å². The minimum Gasteiger partial charge on any atom is -0.305 e. The molecule has 0 spiro atoms. The van der Waals surface area contributed by atoms with Gasteiger partial charge in [0.15, 0.2) is 0 Å². The molecule has 0 unspecified atom stereocenters. The summed E-state index contributed by atoms with van der Waals surface area (Å²) >= 11 is 0. The van der Waals surface area contributed by atoms with E-state index in [0.717, 1.165) is 5.71 Å². The maximum atomic E-state index is 8.02. The van der Waals surface area contributed by atoms with Crippen LogP contribution in [-0.4, -0.2) is 5.71 Å². The summed E-state index contributed by atoms with van der Waals surface area (Å²) in [6.07, 6.45) is 3.87. The highest BCUT2D eigenvalue weighted by atomic mass is 14.5. The van der Waals surface area contributed by atoms with E-state index in [-0.39, 0.29) is 5.41 Å². The van der Waals surface area contributed by atoms with Crippen LogP contribution in [0.4, 0.5) is 0 Å². The normalized spacial score (nSPS) is 13.2. The van der Waals surface area contributed by atoms with E-state index < -0.39 is 0 Å². The summed E-state index contributed by atoms with van der Waals surface area (Å²) in [6.45, 7) is 12.9. The van der Waals surface area contributed by atoms with E-state index in [4.69, 9.17) is 5.41 Å². The quantitative estimate of drug-likeness (QED) is 0.636. The monoisotopic (exact) mass is 181 g/mol. The van der Waals surface area contributed by atoms with Crippen LogP contribution < -0.4 is 0 Å². The number of hydrogen-bond acceptors (Lipinski definition) is 1. The van der Waals surface area contributed by atoms with E-state index in [2.05, 4.69) is 34.6 Å². The first-order valence-corrected chi connectivity index (χ1v) is 5.09. The first-order chi connectivity index (χ1) is 5.87. The van der Waals surface area contributed by atoms with Crippen molar-refractivity contribution in [3.8, 4) is 0 Å². The van der Waals surface area contributed by atoms with Gasteiger partial charge in [-0.3, -0.25) is 0 Å². The fourth-order valence-corrected chi connectivity index (χ4v) is 1.63. The lowest BCUT2D eigenvalue weighted by atomic mass is 9.67. The van der Waals surface area contributed by atoms with Crippen LogP contribution in [0.15, 0.2) is 12.2 Å². The van der Waals surface area contributed by atoms with Crippen molar-refractivity contribution in [3.05, 3.63) is 12.2 Å². The van der Waals surface area contributed by atoms with Gasteiger partial charge in [-0.25, -0.2) is 0 Å². The first-order valence-electron chi connectivity index (χ1n) is 5.09. The standard InChI is InChI=1S/C12H23N/c1-7-8-11(13)12(6,9(2)3)10(4)5/h7-10,13H,1-6H3/b8-7-,13-11?. The smallest absolute Gasteiger partial charge is 0.0374 e. The molecular weight excluding hydrogens is 158 g/mol. The van der Waals surface area contributed by atoms with Gasteiger partial charge in [0, 0.05) is 11.1 Å². The summed E-state index contributed by atoms with van der Waals surface area (Å²) in [5.41, 5.74) is 0.756. The van der Waals surface area contributed by atoms with Crippen molar-refractivity contribution < 1.29 is 0 Å². The van der Waals surface area contributed by atoms with Gasteiger partial charge in [0.05, 0.1) is 0 Å². The number of nitrogens with one attached hydrogen (secondary N) is 1. The second-order valence-electron chi connectivity index (χ2n) is 4.51. The molecular formula is C12H23N. The topological polar surface area (TPSA) is 23.9 Å². The molecule has 13 heavy (non-hydrogen) atoms. The van der Waals surface area contributed by atoms with Gasteiger partial charge in [0.25, 0.3) is 0 Å². The SMILES string of the molecule is C/C=C\C(=N)C(C)(C(C)C)C(C)C. The Balaban J connectivity index is 4.90. The summed E-state index contributed by atoms with van der Waals surface area (Å²) in [4.78, 5) is 0. The van der Waals surface area contributed by atoms with Crippen molar-refractivity contribution in [2.24, 2.45) is 17.3 Å². The molecule has 0 aliphatic heterocycles. The average Bonchev–Trinajstić information content (AvgIpc) is 2.02. The Bertz CT molecular complexity index is 191. The molecule has 1 nitrogen and oxygen atoms in total. The molecule has 0 saturated heterocycles. The molecule has 0 aliphatic rings. The lowest BCUT2D eigenvalue weighted by molar-refractivity contribution is 0.235. The summed E-state index contributed by atoms with van der Waals surface area (Å²) in [5, 5.41) is 8.02. The van der Waals surface area contributed by atoms with E-state index >= 15 is 0 Å². The highest BCUT2D eigenvalue weighted by molar-refractivity contribution is 5.97. The zero-order valence-electron chi connectivity index (χ0n) is 9.81. The van der Waals surface area contributed by atoms with Gasteiger partial charge in [-0.05, 0) is 24.8 Å². The van der Waals surface area contributed by atoms with Gasteiger partial charge in [0.1, 0.15) is 0 Å². The molecule has 0 heterocycles. The lowest BCUT2D eigenvalue weighted by Gasteiger charge is -2.37. The van der Waals surface area contributed by atoms with Crippen LogP contribution in [0, 0.1) is 22.7 Å². The summed E-state index contributed by atoms with van der Waals surface area (Å²) in [7, 11) is 0. The molecule has 0 atom stereocenters. The molecule has 0 aromatic rings. The second-order valence-corrected chi connectivity index (χ2v) is 4.51. The van der Waals surface area contributed by atoms with E-state index in [1.807, 2.05) is 19.1 Å². The van der Waals surface area contributed by atoms with E-state index in [1.54, 1.807) is 0 Å². The molecule has 0 aromatic heterocycles. The Morgan fingerprint density at radius 1 is 1.15 bits per heavy atom. The van der Waals surface area contributed by atoms with Gasteiger partial charge in [-0.1, -0.05) is 40.7 Å². The zero-order chi connectivity index (χ0) is 10.6. The molecule has 0 fully saturated rings. The third kappa shape index (κ3) is 2.43. The maximum Gasteiger partial charge on any atom is 0.0374 e. The van der Waals surface area contributed by atoms with Crippen molar-refractivity contribution in [3.63, 3.8) is 0 Å². The Labute approximate surface area is 82.7 Å². The van der Waals surface area contributed by atoms with Crippen LogP contribution in [0.1, 0.15) is 41.5 Å². The van der Waals surface area contributed by atoms with E-state index in [0.29, 0.717) is 11.8 Å². The highest BCUT2D eigenvalue weighted by Crippen LogP contribution is 2.36. The average molecular weight is 181 g/mol. The van der Waals surface area contributed by atoms with Gasteiger partial charge in [-0.15, -0.1) is 0 Å². The van der Waals surface area contributed by atoms with Crippen molar-refractivity contribution in [1.29, 1.82) is 5.41 Å². The van der Waals surface area contributed by atoms with Gasteiger partial charge < -0.3 is 5.41 Å². The van der Waals surface area contributed by atoms with Crippen LogP contribution in [0.25, 0.3) is 0 Å². The van der Waals surface area contributed by atoms with Crippen molar-refractivity contribution in [2.75, 3.05) is 0 Å². The second kappa shape index (κ2) is 4.59. The van der Waals surface area contributed by atoms with Crippen LogP contribution in [0.3, 0.4) is 0 Å². The molecule has 76 valence electrons. The van der Waals surface area contributed by atoms with Gasteiger partial charge in [0.2, 0.25) is 0 Å². The van der Waals surface area contributed by atoms with E-state index in [1.165, 1.54) is 0 Å². The first kappa shape index (κ1) is 12.4. The third-order valence-corrected chi connectivity index (χ3v) is 3.31. The molecule has 1 N–H and O–H groups in total. The predicted molar refractivity (Wildman–Crippen MR) is 60.3 cm³/mol. The van der Waals surface area contributed by atoms with Crippen LogP contribution in [0.5, 0.6) is 0 Å². The number of hydrogen-bond donors (Lipinski definition) is 1. The maximum absolute atomic E-state index is 8.02. The van der Waals surface area contributed by atoms with Crippen LogP contribution >= 0.6 is 0 Å². The van der Waals surface area contributed by atoms with Crippen LogP contribution in [0.2, 0.25) is 0 Å². The Morgan fingerprint density at radius 2 is 1.54 bits per heavy atom. The number of allylic oxidation sites excluding steroid dienone is 2. The number of rotatable bonds is 4. The fraction of sp³-hybridized carbons (Fsp3) is 0.750. The minimum atomic E-state index is 0.00646. The Kier molecular flexibility index (Phi) is 4.38. The third-order valence-electron chi connectivity index (χ3n) is 3.31. The fourth-order valence-electron chi connectivity index (χ4n) is 1.63. The molecule has 0 amide bonds. The summed E-state index contributed by atoms with van der Waals surface area (Å²) in [5.74, 6) is 1.02. The zero-order valence-corrected chi connectivity index (χ0v) is 9.81. The lowest BCUT2D eigenvalue weighted by Crippen LogP contribution is -2.36. The highest BCUT2D eigenvalue weighted by Gasteiger charge is 2.34. The molecule has 0 saturated carbocycles. The van der Waals surface area contributed by atoms with Crippen molar-refractivity contribution in [1.82, 2.24) is 0 Å². The Morgan fingerprint density at radius 3 is 1.77 bits per heavy atom. The van der Waals surface area contributed by atoms with E-state index in [9.17, 15) is 0 Å². The molecule has 0 rings (SSSR count).